The van der Waals surface area contributed by atoms with Crippen molar-refractivity contribution in [3.05, 3.63) is 52.1 Å². The molecule has 0 spiro atoms. The third-order valence-electron chi connectivity index (χ3n) is 3.28. The standard InChI is InChI=1S/C14H18ClFN4/c1-3-13-11(8-20(2)19-13)14(18-17)7-9-6-10(16)4-5-12(9)15/h4-6,8,14,18H,3,7,17H2,1-2H3. The fourth-order valence-electron chi connectivity index (χ4n) is 2.30. The Morgan fingerprint density at radius 1 is 1.50 bits per heavy atom. The first kappa shape index (κ1) is 15.0. The molecule has 1 aromatic carbocycles. The highest BCUT2D eigenvalue weighted by atomic mass is 35.5. The number of aromatic nitrogens is 2. The van der Waals surface area contributed by atoms with E-state index in [0.29, 0.717) is 11.4 Å². The van der Waals surface area contributed by atoms with Gasteiger partial charge in [-0.25, -0.2) is 4.39 Å². The van der Waals surface area contributed by atoms with Crippen LogP contribution in [0.2, 0.25) is 5.02 Å². The van der Waals surface area contributed by atoms with Gasteiger partial charge in [0.2, 0.25) is 0 Å². The summed E-state index contributed by atoms with van der Waals surface area (Å²) >= 11 is 6.11. The largest absolute Gasteiger partial charge is 0.275 e. The van der Waals surface area contributed by atoms with E-state index in [1.54, 1.807) is 10.7 Å². The number of rotatable bonds is 5. The molecule has 0 saturated heterocycles. The summed E-state index contributed by atoms with van der Waals surface area (Å²) in [5.41, 5.74) is 5.48. The van der Waals surface area contributed by atoms with Crippen molar-refractivity contribution in [3.63, 3.8) is 0 Å². The van der Waals surface area contributed by atoms with Crippen LogP contribution in [0.15, 0.2) is 24.4 Å². The molecule has 0 amide bonds. The average molecular weight is 297 g/mol. The van der Waals surface area contributed by atoms with Gasteiger partial charge in [0, 0.05) is 23.8 Å². The van der Waals surface area contributed by atoms with E-state index in [1.807, 2.05) is 20.2 Å². The lowest BCUT2D eigenvalue weighted by Crippen LogP contribution is -2.30. The number of nitrogens with two attached hydrogens (primary N) is 1. The SMILES string of the molecule is CCc1nn(C)cc1C(Cc1cc(F)ccc1Cl)NN. The molecule has 0 radical (unpaired) electrons. The third kappa shape index (κ3) is 3.17. The Bertz CT molecular complexity index is 597. The van der Waals surface area contributed by atoms with Gasteiger partial charge in [-0.15, -0.1) is 0 Å². The van der Waals surface area contributed by atoms with Crippen molar-refractivity contribution < 1.29 is 4.39 Å². The molecule has 3 N–H and O–H groups in total. The summed E-state index contributed by atoms with van der Waals surface area (Å²) in [7, 11) is 1.87. The highest BCUT2D eigenvalue weighted by Crippen LogP contribution is 2.25. The maximum Gasteiger partial charge on any atom is 0.123 e. The molecule has 0 aliphatic heterocycles. The number of nitrogens with zero attached hydrogens (tertiary/aromatic N) is 2. The first-order valence-corrected chi connectivity index (χ1v) is 6.85. The smallest absolute Gasteiger partial charge is 0.123 e. The zero-order valence-electron chi connectivity index (χ0n) is 11.5. The molecule has 1 unspecified atom stereocenters. The first-order valence-electron chi connectivity index (χ1n) is 6.47. The van der Waals surface area contributed by atoms with Gasteiger partial charge in [-0.2, -0.15) is 5.10 Å². The van der Waals surface area contributed by atoms with Crippen molar-refractivity contribution in [3.8, 4) is 0 Å². The van der Waals surface area contributed by atoms with Crippen LogP contribution in [-0.4, -0.2) is 9.78 Å². The minimum Gasteiger partial charge on any atom is -0.275 e. The zero-order valence-corrected chi connectivity index (χ0v) is 12.3. The topological polar surface area (TPSA) is 55.9 Å². The summed E-state index contributed by atoms with van der Waals surface area (Å²) in [5.74, 6) is 5.35. The van der Waals surface area contributed by atoms with E-state index in [-0.39, 0.29) is 11.9 Å². The van der Waals surface area contributed by atoms with Crippen molar-refractivity contribution in [1.82, 2.24) is 15.2 Å². The molecule has 1 atom stereocenters. The summed E-state index contributed by atoms with van der Waals surface area (Å²) in [4.78, 5) is 0. The molecule has 0 fully saturated rings. The number of hydrazine groups is 1. The van der Waals surface area contributed by atoms with Gasteiger partial charge in [0.1, 0.15) is 5.82 Å². The number of aryl methyl sites for hydroxylation is 2. The fraction of sp³-hybridized carbons (Fsp3) is 0.357. The molecule has 4 nitrogen and oxygen atoms in total. The highest BCUT2D eigenvalue weighted by molar-refractivity contribution is 6.31. The van der Waals surface area contributed by atoms with Crippen LogP contribution in [0.1, 0.15) is 29.8 Å². The Hall–Kier alpha value is -1.43. The molecule has 0 saturated carbocycles. The molecular weight excluding hydrogens is 279 g/mol. The quantitative estimate of drug-likeness (QED) is 0.658. The maximum absolute atomic E-state index is 13.3. The van der Waals surface area contributed by atoms with Crippen molar-refractivity contribution in [2.75, 3.05) is 0 Å². The second kappa shape index (κ2) is 6.35. The molecule has 0 aliphatic carbocycles. The predicted molar refractivity (Wildman–Crippen MR) is 77.8 cm³/mol. The molecule has 1 heterocycles. The Morgan fingerprint density at radius 2 is 2.25 bits per heavy atom. The summed E-state index contributed by atoms with van der Waals surface area (Å²) in [6.07, 6.45) is 3.24. The van der Waals surface area contributed by atoms with Gasteiger partial charge in [0.15, 0.2) is 0 Å². The number of nitrogens with one attached hydrogen (secondary N) is 1. The summed E-state index contributed by atoms with van der Waals surface area (Å²) in [5, 5.41) is 4.93. The lowest BCUT2D eigenvalue weighted by molar-refractivity contribution is 0.544. The predicted octanol–water partition coefficient (Wildman–Crippen LogP) is 2.52. The van der Waals surface area contributed by atoms with Crippen molar-refractivity contribution >= 4 is 11.6 Å². The minimum atomic E-state index is -0.304. The van der Waals surface area contributed by atoms with E-state index >= 15 is 0 Å². The number of hydrogen-bond donors (Lipinski definition) is 2. The van der Waals surface area contributed by atoms with E-state index in [2.05, 4.69) is 10.5 Å². The summed E-state index contributed by atoms with van der Waals surface area (Å²) in [6, 6.07) is 4.19. The van der Waals surface area contributed by atoms with Gasteiger partial charge in [0.25, 0.3) is 0 Å². The number of halogens is 2. The molecule has 1 aromatic heterocycles. The van der Waals surface area contributed by atoms with Crippen LogP contribution in [0.3, 0.4) is 0 Å². The van der Waals surface area contributed by atoms with Crippen LogP contribution in [0.25, 0.3) is 0 Å². The molecule has 20 heavy (non-hydrogen) atoms. The molecule has 108 valence electrons. The van der Waals surface area contributed by atoms with Crippen molar-refractivity contribution in [2.24, 2.45) is 12.9 Å². The Kier molecular flexibility index (Phi) is 4.75. The van der Waals surface area contributed by atoms with Gasteiger partial charge < -0.3 is 0 Å². The normalized spacial score (nSPS) is 12.7. The van der Waals surface area contributed by atoms with E-state index in [0.717, 1.165) is 23.2 Å². The molecule has 0 bridgehead atoms. The van der Waals surface area contributed by atoms with E-state index < -0.39 is 0 Å². The minimum absolute atomic E-state index is 0.155. The Labute approximate surface area is 122 Å². The lowest BCUT2D eigenvalue weighted by Gasteiger charge is -2.16. The highest BCUT2D eigenvalue weighted by Gasteiger charge is 2.18. The van der Waals surface area contributed by atoms with Gasteiger partial charge in [-0.05, 0) is 36.6 Å². The zero-order chi connectivity index (χ0) is 14.7. The monoisotopic (exact) mass is 296 g/mol. The molecule has 0 aliphatic rings. The van der Waals surface area contributed by atoms with Crippen LogP contribution in [0, 0.1) is 5.82 Å². The molecule has 2 aromatic rings. The molecular formula is C14H18ClFN4. The average Bonchev–Trinajstić information content (AvgIpc) is 2.80. The van der Waals surface area contributed by atoms with Crippen LogP contribution >= 0.6 is 11.6 Å². The second-order valence-electron chi connectivity index (χ2n) is 4.72. The van der Waals surface area contributed by atoms with Gasteiger partial charge in [-0.3, -0.25) is 16.0 Å². The van der Waals surface area contributed by atoms with E-state index in [4.69, 9.17) is 17.4 Å². The summed E-state index contributed by atoms with van der Waals surface area (Å²) < 4.78 is 15.1. The fourth-order valence-corrected chi connectivity index (χ4v) is 2.49. The molecule has 2 rings (SSSR count). The Morgan fingerprint density at radius 3 is 2.90 bits per heavy atom. The number of benzene rings is 1. The third-order valence-corrected chi connectivity index (χ3v) is 3.65. The van der Waals surface area contributed by atoms with Crippen LogP contribution in [-0.2, 0) is 19.9 Å². The van der Waals surface area contributed by atoms with Gasteiger partial charge >= 0.3 is 0 Å². The van der Waals surface area contributed by atoms with Gasteiger partial charge in [-0.1, -0.05) is 18.5 Å². The lowest BCUT2D eigenvalue weighted by atomic mass is 9.99. The molecule has 6 heteroatoms. The second-order valence-corrected chi connectivity index (χ2v) is 5.12. The van der Waals surface area contributed by atoms with Crippen molar-refractivity contribution in [2.45, 2.75) is 25.8 Å². The van der Waals surface area contributed by atoms with Crippen LogP contribution in [0.4, 0.5) is 4.39 Å². The van der Waals surface area contributed by atoms with Crippen LogP contribution < -0.4 is 11.3 Å². The summed E-state index contributed by atoms with van der Waals surface area (Å²) in [6.45, 7) is 2.04. The maximum atomic E-state index is 13.3. The van der Waals surface area contributed by atoms with E-state index in [1.165, 1.54) is 12.1 Å². The Balaban J connectivity index is 2.30. The van der Waals surface area contributed by atoms with Crippen molar-refractivity contribution in [1.29, 1.82) is 0 Å². The van der Waals surface area contributed by atoms with Gasteiger partial charge in [0.05, 0.1) is 11.7 Å². The van der Waals surface area contributed by atoms with Crippen LogP contribution in [0.5, 0.6) is 0 Å². The van der Waals surface area contributed by atoms with E-state index in [9.17, 15) is 4.39 Å². The number of hydrogen-bond acceptors (Lipinski definition) is 3. The first-order chi connectivity index (χ1) is 9.55.